The topological polar surface area (TPSA) is 70.2 Å². The van der Waals surface area contributed by atoms with Crippen LogP contribution in [0.2, 0.25) is 0 Å². The lowest BCUT2D eigenvalue weighted by Gasteiger charge is -2.03. The molecule has 0 bridgehead atoms. The van der Waals surface area contributed by atoms with E-state index in [0.717, 1.165) is 28.2 Å². The lowest BCUT2D eigenvalue weighted by molar-refractivity contribution is -0.139. The highest BCUT2D eigenvalue weighted by Crippen LogP contribution is 2.20. The molecular formula is C24H21N3O3. The Balaban J connectivity index is 1.40. The summed E-state index contributed by atoms with van der Waals surface area (Å²) in [5.41, 5.74) is 5.08. The summed E-state index contributed by atoms with van der Waals surface area (Å²) in [7, 11) is 0. The van der Waals surface area contributed by atoms with Gasteiger partial charge in [-0.3, -0.25) is 0 Å². The van der Waals surface area contributed by atoms with Gasteiger partial charge in [-0.15, -0.1) is 0 Å². The Labute approximate surface area is 174 Å². The van der Waals surface area contributed by atoms with Crippen molar-refractivity contribution in [3.8, 4) is 17.1 Å². The molecule has 0 radical (unpaired) electrons. The quantitative estimate of drug-likeness (QED) is 0.341. The van der Waals surface area contributed by atoms with Gasteiger partial charge in [0.1, 0.15) is 18.6 Å². The molecule has 0 fully saturated rings. The highest BCUT2D eigenvalue weighted by atomic mass is 16.5. The van der Waals surface area contributed by atoms with Crippen molar-refractivity contribution < 1.29 is 13.9 Å². The molecule has 30 heavy (non-hydrogen) atoms. The number of esters is 1. The van der Waals surface area contributed by atoms with Gasteiger partial charge in [-0.25, -0.2) is 14.5 Å². The largest absolute Gasteiger partial charge is 0.456 e. The van der Waals surface area contributed by atoms with Crippen LogP contribution in [0.15, 0.2) is 77.4 Å². The number of para-hydroxylation sites is 1. The molecule has 6 nitrogen and oxygen atoms in total. The van der Waals surface area contributed by atoms with E-state index in [9.17, 15) is 4.79 Å². The predicted octanol–water partition coefficient (Wildman–Crippen LogP) is 4.90. The lowest BCUT2D eigenvalue weighted by atomic mass is 10.2. The average Bonchev–Trinajstić information content (AvgIpc) is 3.37. The molecule has 0 spiro atoms. The van der Waals surface area contributed by atoms with E-state index in [2.05, 4.69) is 10.1 Å². The van der Waals surface area contributed by atoms with Gasteiger partial charge in [-0.05, 0) is 44.2 Å². The van der Waals surface area contributed by atoms with Crippen LogP contribution < -0.4 is 0 Å². The van der Waals surface area contributed by atoms with Crippen molar-refractivity contribution in [2.24, 2.45) is 0 Å². The molecule has 2 heterocycles. The van der Waals surface area contributed by atoms with Crippen LogP contribution in [0.5, 0.6) is 0 Å². The van der Waals surface area contributed by atoms with Gasteiger partial charge in [0.05, 0.1) is 11.4 Å². The van der Waals surface area contributed by atoms with E-state index >= 15 is 0 Å². The molecule has 2 aromatic heterocycles. The third-order valence-electron chi connectivity index (χ3n) is 4.67. The standard InChI is InChI=1S/C24H21N3O3/c1-17-22(18(2)27(26-17)21-11-7-4-8-12-21)13-14-23(28)29-15-20-16-30-24(25-20)19-9-5-3-6-10-19/h3-14,16H,15H2,1-2H3/b14-13+. The predicted molar refractivity (Wildman–Crippen MR) is 114 cm³/mol. The second kappa shape index (κ2) is 8.61. The Kier molecular flexibility index (Phi) is 5.57. The van der Waals surface area contributed by atoms with Crippen LogP contribution in [0.3, 0.4) is 0 Å². The number of ether oxygens (including phenoxy) is 1. The van der Waals surface area contributed by atoms with Gasteiger partial charge in [0.15, 0.2) is 0 Å². The van der Waals surface area contributed by atoms with Gasteiger partial charge >= 0.3 is 5.97 Å². The third kappa shape index (κ3) is 4.22. The molecule has 2 aromatic carbocycles. The number of carbonyl (C=O) groups is 1. The Morgan fingerprint density at radius 2 is 1.77 bits per heavy atom. The van der Waals surface area contributed by atoms with Crippen molar-refractivity contribution in [1.29, 1.82) is 0 Å². The minimum Gasteiger partial charge on any atom is -0.456 e. The van der Waals surface area contributed by atoms with E-state index in [1.165, 1.54) is 12.3 Å². The van der Waals surface area contributed by atoms with Crippen molar-refractivity contribution in [2.45, 2.75) is 20.5 Å². The summed E-state index contributed by atoms with van der Waals surface area (Å²) in [5, 5.41) is 4.57. The second-order valence-electron chi connectivity index (χ2n) is 6.78. The van der Waals surface area contributed by atoms with Crippen LogP contribution in [-0.2, 0) is 16.1 Å². The van der Waals surface area contributed by atoms with Gasteiger partial charge in [0.25, 0.3) is 0 Å². The molecule has 0 aliphatic carbocycles. The fourth-order valence-electron chi connectivity index (χ4n) is 3.15. The Bertz CT molecular complexity index is 1180. The molecule has 150 valence electrons. The highest BCUT2D eigenvalue weighted by Gasteiger charge is 2.12. The molecule has 0 saturated heterocycles. The first-order valence-corrected chi connectivity index (χ1v) is 9.58. The van der Waals surface area contributed by atoms with E-state index in [0.29, 0.717) is 11.6 Å². The minimum atomic E-state index is -0.453. The van der Waals surface area contributed by atoms with Gasteiger partial charge in [0.2, 0.25) is 5.89 Å². The zero-order chi connectivity index (χ0) is 20.9. The molecule has 4 aromatic rings. The van der Waals surface area contributed by atoms with Crippen LogP contribution in [0.1, 0.15) is 22.6 Å². The van der Waals surface area contributed by atoms with Gasteiger partial charge in [-0.2, -0.15) is 5.10 Å². The Morgan fingerprint density at radius 3 is 2.50 bits per heavy atom. The maximum atomic E-state index is 12.2. The fourth-order valence-corrected chi connectivity index (χ4v) is 3.15. The van der Waals surface area contributed by atoms with Crippen LogP contribution in [0, 0.1) is 13.8 Å². The Hall–Kier alpha value is -3.93. The second-order valence-corrected chi connectivity index (χ2v) is 6.78. The average molecular weight is 399 g/mol. The number of hydrogen-bond donors (Lipinski definition) is 0. The van der Waals surface area contributed by atoms with Crippen molar-refractivity contribution in [3.05, 3.63) is 95.6 Å². The molecule has 0 atom stereocenters. The van der Waals surface area contributed by atoms with Crippen LogP contribution >= 0.6 is 0 Å². The van der Waals surface area contributed by atoms with Crippen LogP contribution in [0.4, 0.5) is 0 Å². The molecule has 6 heteroatoms. The number of aromatic nitrogens is 3. The molecule has 0 N–H and O–H groups in total. The monoisotopic (exact) mass is 399 g/mol. The highest BCUT2D eigenvalue weighted by molar-refractivity contribution is 5.87. The summed E-state index contributed by atoms with van der Waals surface area (Å²) in [5.74, 6) is 0.0438. The molecule has 0 aliphatic rings. The number of nitrogens with zero attached hydrogens (tertiary/aromatic N) is 3. The van der Waals surface area contributed by atoms with Crippen LogP contribution in [0.25, 0.3) is 23.2 Å². The lowest BCUT2D eigenvalue weighted by Crippen LogP contribution is -2.01. The van der Waals surface area contributed by atoms with E-state index in [-0.39, 0.29) is 6.61 Å². The summed E-state index contributed by atoms with van der Waals surface area (Å²) in [6, 6.07) is 19.4. The van der Waals surface area contributed by atoms with E-state index < -0.39 is 5.97 Å². The molecule has 0 aliphatic heterocycles. The zero-order valence-electron chi connectivity index (χ0n) is 16.8. The molecule has 4 rings (SSSR count). The molecule has 0 saturated carbocycles. The number of carbonyl (C=O) groups excluding carboxylic acids is 1. The van der Waals surface area contributed by atoms with Crippen molar-refractivity contribution in [1.82, 2.24) is 14.8 Å². The SMILES string of the molecule is Cc1nn(-c2ccccc2)c(C)c1/C=C/C(=O)OCc1coc(-c2ccccc2)n1. The first-order chi connectivity index (χ1) is 14.6. The summed E-state index contributed by atoms with van der Waals surface area (Å²) in [6.45, 7) is 3.93. The fraction of sp³-hybridized carbons (Fsp3) is 0.125. The van der Waals surface area contributed by atoms with Gasteiger partial charge in [-0.1, -0.05) is 36.4 Å². The van der Waals surface area contributed by atoms with E-state index in [4.69, 9.17) is 9.15 Å². The Morgan fingerprint density at radius 1 is 1.07 bits per heavy atom. The summed E-state index contributed by atoms with van der Waals surface area (Å²) >= 11 is 0. The smallest absolute Gasteiger partial charge is 0.331 e. The van der Waals surface area contributed by atoms with Crippen molar-refractivity contribution in [2.75, 3.05) is 0 Å². The van der Waals surface area contributed by atoms with Gasteiger partial charge < -0.3 is 9.15 Å². The zero-order valence-corrected chi connectivity index (χ0v) is 16.8. The third-order valence-corrected chi connectivity index (χ3v) is 4.67. The van der Waals surface area contributed by atoms with Crippen molar-refractivity contribution in [3.63, 3.8) is 0 Å². The number of hydrogen-bond acceptors (Lipinski definition) is 5. The first kappa shape index (κ1) is 19.4. The minimum absolute atomic E-state index is 0.0424. The summed E-state index contributed by atoms with van der Waals surface area (Å²) in [6.07, 6.45) is 4.64. The molecule has 0 unspecified atom stereocenters. The first-order valence-electron chi connectivity index (χ1n) is 9.58. The van der Waals surface area contributed by atoms with Crippen LogP contribution in [-0.4, -0.2) is 20.7 Å². The molecule has 0 amide bonds. The maximum Gasteiger partial charge on any atom is 0.331 e. The number of rotatable bonds is 6. The number of benzene rings is 2. The summed E-state index contributed by atoms with van der Waals surface area (Å²) < 4.78 is 12.6. The van der Waals surface area contributed by atoms with E-state index in [1.807, 2.05) is 79.2 Å². The summed E-state index contributed by atoms with van der Waals surface area (Å²) in [4.78, 5) is 16.5. The van der Waals surface area contributed by atoms with Crippen molar-refractivity contribution >= 4 is 12.0 Å². The maximum absolute atomic E-state index is 12.2. The number of aryl methyl sites for hydroxylation is 1. The van der Waals surface area contributed by atoms with Gasteiger partial charge in [0, 0.05) is 22.9 Å². The number of oxazole rings is 1. The molecular weight excluding hydrogens is 378 g/mol. The normalized spacial score (nSPS) is 11.1. The van der Waals surface area contributed by atoms with E-state index in [1.54, 1.807) is 6.08 Å².